The molecule has 2 nitrogen and oxygen atoms in total. The Labute approximate surface area is 126 Å². The molecule has 2 aromatic rings. The molecule has 0 heterocycles. The van der Waals surface area contributed by atoms with Crippen molar-refractivity contribution in [3.05, 3.63) is 63.6 Å². The number of rotatable bonds is 3. The van der Waals surface area contributed by atoms with Crippen LogP contribution in [0.2, 0.25) is 5.02 Å². The van der Waals surface area contributed by atoms with Crippen LogP contribution in [0.4, 0.5) is 5.69 Å². The molecule has 18 heavy (non-hydrogen) atoms. The highest BCUT2D eigenvalue weighted by atomic mass is 79.9. The van der Waals surface area contributed by atoms with E-state index in [-0.39, 0.29) is 12.4 Å². The van der Waals surface area contributed by atoms with Gasteiger partial charge in [-0.3, -0.25) is 0 Å². The second-order valence-corrected chi connectivity index (χ2v) is 5.08. The first-order valence-electron chi connectivity index (χ1n) is 5.17. The minimum atomic E-state index is 0. The molecule has 2 aromatic carbocycles. The summed E-state index contributed by atoms with van der Waals surface area (Å²) in [5, 5.41) is 2.44. The molecule has 5 heteroatoms. The Morgan fingerprint density at radius 1 is 1.00 bits per heavy atom. The van der Waals surface area contributed by atoms with Gasteiger partial charge in [-0.25, -0.2) is 5.84 Å². The minimum Gasteiger partial charge on any atom is -0.307 e. The standard InChI is InChI=1S/C13H12BrClN2.ClH/c14-11-3-7-13(8-4-11)17(16)9-10-1-5-12(15)6-2-10;/h1-8H,9,16H2;1H. The second kappa shape index (κ2) is 7.00. The van der Waals surface area contributed by atoms with Gasteiger partial charge >= 0.3 is 0 Å². The second-order valence-electron chi connectivity index (χ2n) is 3.73. The zero-order valence-corrected chi connectivity index (χ0v) is 12.7. The monoisotopic (exact) mass is 346 g/mol. The molecule has 0 saturated carbocycles. The molecule has 0 aliphatic rings. The highest BCUT2D eigenvalue weighted by Crippen LogP contribution is 2.18. The molecule has 0 saturated heterocycles. The van der Waals surface area contributed by atoms with Crippen molar-refractivity contribution in [1.29, 1.82) is 0 Å². The maximum absolute atomic E-state index is 6.00. The highest BCUT2D eigenvalue weighted by Gasteiger charge is 2.02. The Morgan fingerprint density at radius 3 is 2.11 bits per heavy atom. The van der Waals surface area contributed by atoms with Crippen LogP contribution in [0, 0.1) is 0 Å². The Kier molecular flexibility index (Phi) is 5.96. The van der Waals surface area contributed by atoms with Gasteiger partial charge in [0.05, 0.1) is 12.2 Å². The van der Waals surface area contributed by atoms with Crippen molar-refractivity contribution in [2.45, 2.75) is 6.54 Å². The van der Waals surface area contributed by atoms with Gasteiger partial charge in [0.1, 0.15) is 0 Å². The summed E-state index contributed by atoms with van der Waals surface area (Å²) >= 11 is 9.23. The van der Waals surface area contributed by atoms with Crippen molar-refractivity contribution in [2.24, 2.45) is 5.84 Å². The lowest BCUT2D eigenvalue weighted by Gasteiger charge is -2.18. The zero-order chi connectivity index (χ0) is 12.3. The Morgan fingerprint density at radius 2 is 1.56 bits per heavy atom. The summed E-state index contributed by atoms with van der Waals surface area (Å²) < 4.78 is 1.04. The van der Waals surface area contributed by atoms with Crippen LogP contribution in [-0.2, 0) is 6.54 Å². The minimum absolute atomic E-state index is 0. The molecule has 0 fully saturated rings. The van der Waals surface area contributed by atoms with Gasteiger partial charge in [-0.1, -0.05) is 39.7 Å². The first-order chi connectivity index (χ1) is 8.15. The van der Waals surface area contributed by atoms with Gasteiger partial charge in [0, 0.05) is 9.50 Å². The molecule has 0 unspecified atom stereocenters. The molecule has 96 valence electrons. The van der Waals surface area contributed by atoms with Gasteiger partial charge in [-0.05, 0) is 42.0 Å². The quantitative estimate of drug-likeness (QED) is 0.658. The Balaban J connectivity index is 0.00000162. The first-order valence-corrected chi connectivity index (χ1v) is 6.34. The van der Waals surface area contributed by atoms with E-state index in [1.165, 1.54) is 0 Å². The van der Waals surface area contributed by atoms with Crippen molar-refractivity contribution in [3.8, 4) is 0 Å². The van der Waals surface area contributed by atoms with Crippen LogP contribution in [0.25, 0.3) is 0 Å². The molecule has 0 atom stereocenters. The van der Waals surface area contributed by atoms with Gasteiger partial charge in [0.25, 0.3) is 0 Å². The van der Waals surface area contributed by atoms with Gasteiger partial charge in [-0.15, -0.1) is 12.4 Å². The number of hydrazine groups is 1. The summed E-state index contributed by atoms with van der Waals surface area (Å²) in [6.45, 7) is 0.652. The number of nitrogens with two attached hydrogens (primary N) is 1. The van der Waals surface area contributed by atoms with E-state index in [1.54, 1.807) is 5.01 Å². The van der Waals surface area contributed by atoms with Gasteiger partial charge in [0.2, 0.25) is 0 Å². The van der Waals surface area contributed by atoms with Crippen molar-refractivity contribution < 1.29 is 0 Å². The van der Waals surface area contributed by atoms with E-state index in [9.17, 15) is 0 Å². The smallest absolute Gasteiger partial charge is 0.0592 e. The molecule has 0 aromatic heterocycles. The zero-order valence-electron chi connectivity index (χ0n) is 9.51. The van der Waals surface area contributed by atoms with Crippen LogP contribution in [0.15, 0.2) is 53.0 Å². The number of halogens is 3. The number of benzene rings is 2. The molecule has 0 bridgehead atoms. The van der Waals surface area contributed by atoms with Crippen LogP contribution in [0.5, 0.6) is 0 Å². The largest absolute Gasteiger partial charge is 0.307 e. The predicted octanol–water partition coefficient (Wildman–Crippen LogP) is 4.40. The summed E-state index contributed by atoms with van der Waals surface area (Å²) in [7, 11) is 0. The normalized spacial score (nSPS) is 9.72. The number of hydrogen-bond donors (Lipinski definition) is 1. The van der Waals surface area contributed by atoms with E-state index in [1.807, 2.05) is 48.5 Å². The van der Waals surface area contributed by atoms with E-state index in [2.05, 4.69) is 15.9 Å². The van der Waals surface area contributed by atoms with Gasteiger partial charge < -0.3 is 5.01 Å². The van der Waals surface area contributed by atoms with E-state index in [0.29, 0.717) is 6.54 Å². The molecule has 2 N–H and O–H groups in total. The molecular formula is C13H13BrCl2N2. The lowest BCUT2D eigenvalue weighted by Crippen LogP contribution is -2.29. The molecule has 0 radical (unpaired) electrons. The lowest BCUT2D eigenvalue weighted by atomic mass is 10.2. The van der Waals surface area contributed by atoms with Crippen molar-refractivity contribution >= 4 is 45.6 Å². The van der Waals surface area contributed by atoms with Crippen LogP contribution in [0.1, 0.15) is 5.56 Å². The van der Waals surface area contributed by atoms with E-state index >= 15 is 0 Å². The number of nitrogens with zero attached hydrogens (tertiary/aromatic N) is 1. The third-order valence-electron chi connectivity index (χ3n) is 2.42. The summed E-state index contributed by atoms with van der Waals surface area (Å²) in [6.07, 6.45) is 0. The Hall–Kier alpha value is -0.740. The molecule has 0 aliphatic carbocycles. The van der Waals surface area contributed by atoms with Crippen LogP contribution in [-0.4, -0.2) is 0 Å². The van der Waals surface area contributed by atoms with Gasteiger partial charge in [0.15, 0.2) is 0 Å². The predicted molar refractivity (Wildman–Crippen MR) is 83.2 cm³/mol. The lowest BCUT2D eigenvalue weighted by molar-refractivity contribution is 0.853. The summed E-state index contributed by atoms with van der Waals surface area (Å²) in [4.78, 5) is 0. The molecular weight excluding hydrogens is 335 g/mol. The van der Waals surface area contributed by atoms with E-state index in [0.717, 1.165) is 20.7 Å². The van der Waals surface area contributed by atoms with Crippen LogP contribution >= 0.6 is 39.9 Å². The summed E-state index contributed by atoms with van der Waals surface area (Å²) in [5.74, 6) is 6.00. The van der Waals surface area contributed by atoms with Crippen molar-refractivity contribution in [1.82, 2.24) is 0 Å². The summed E-state index contributed by atoms with van der Waals surface area (Å²) in [5.41, 5.74) is 2.10. The summed E-state index contributed by atoms with van der Waals surface area (Å²) in [6, 6.07) is 15.6. The fraction of sp³-hybridized carbons (Fsp3) is 0.0769. The average Bonchev–Trinajstić information content (AvgIpc) is 2.33. The highest BCUT2D eigenvalue weighted by molar-refractivity contribution is 9.10. The number of anilines is 1. The first kappa shape index (κ1) is 15.3. The van der Waals surface area contributed by atoms with Crippen LogP contribution < -0.4 is 10.9 Å². The number of hydrogen-bond acceptors (Lipinski definition) is 2. The van der Waals surface area contributed by atoms with Crippen molar-refractivity contribution in [2.75, 3.05) is 5.01 Å². The maximum Gasteiger partial charge on any atom is 0.0592 e. The SMILES string of the molecule is Cl.NN(Cc1ccc(Cl)cc1)c1ccc(Br)cc1. The molecule has 2 rings (SSSR count). The topological polar surface area (TPSA) is 29.3 Å². The fourth-order valence-corrected chi connectivity index (χ4v) is 1.90. The maximum atomic E-state index is 6.00. The average molecular weight is 348 g/mol. The van der Waals surface area contributed by atoms with Crippen LogP contribution in [0.3, 0.4) is 0 Å². The van der Waals surface area contributed by atoms with Gasteiger partial charge in [-0.2, -0.15) is 0 Å². The van der Waals surface area contributed by atoms with Crippen molar-refractivity contribution in [3.63, 3.8) is 0 Å². The Bertz CT molecular complexity index is 485. The third-order valence-corrected chi connectivity index (χ3v) is 3.21. The van der Waals surface area contributed by atoms with E-state index < -0.39 is 0 Å². The molecule has 0 aliphatic heterocycles. The fourth-order valence-electron chi connectivity index (χ4n) is 1.51. The van der Waals surface area contributed by atoms with E-state index in [4.69, 9.17) is 17.4 Å². The third kappa shape index (κ3) is 4.18. The molecule has 0 spiro atoms. The molecule has 0 amide bonds.